The summed E-state index contributed by atoms with van der Waals surface area (Å²) < 4.78 is 48.4. The minimum absolute atomic E-state index is 0.0990. The maximum absolute atomic E-state index is 13.4. The van der Waals surface area contributed by atoms with Crippen LogP contribution in [0.3, 0.4) is 0 Å². The molecule has 25 heavy (non-hydrogen) atoms. The van der Waals surface area contributed by atoms with Crippen LogP contribution in [0.25, 0.3) is 0 Å². The van der Waals surface area contributed by atoms with Crippen molar-refractivity contribution >= 4 is 21.0 Å². The largest absolute Gasteiger partial charge is 0.384 e. The van der Waals surface area contributed by atoms with Crippen LogP contribution in [-0.2, 0) is 33.6 Å². The summed E-state index contributed by atoms with van der Waals surface area (Å²) in [5.41, 5.74) is 6.28. The van der Waals surface area contributed by atoms with Crippen molar-refractivity contribution in [2.24, 2.45) is 0 Å². The second kappa shape index (κ2) is 10.4. The first-order valence-electron chi connectivity index (χ1n) is 8.33. The van der Waals surface area contributed by atoms with Gasteiger partial charge < -0.3 is 23.8 Å². The second-order valence-electron chi connectivity index (χ2n) is 5.03. The lowest BCUT2D eigenvalue weighted by Crippen LogP contribution is -2.20. The topological polar surface area (TPSA) is 110 Å². The van der Waals surface area contributed by atoms with Gasteiger partial charge in [0, 0.05) is 6.20 Å². The lowest BCUT2D eigenvalue weighted by Gasteiger charge is -2.31. The summed E-state index contributed by atoms with van der Waals surface area (Å²) >= 11 is 0. The Kier molecular flexibility index (Phi) is 9.28. The minimum Gasteiger partial charge on any atom is -0.384 e. The van der Waals surface area contributed by atoms with Crippen LogP contribution in [0, 0.1) is 0 Å². The molecule has 1 aromatic heterocycles. The molecule has 0 aliphatic carbocycles. The van der Waals surface area contributed by atoms with Crippen LogP contribution in [0.1, 0.15) is 33.3 Å². The molecule has 1 aromatic rings. The number of nitrogen functional groups attached to an aromatic ring is 1. The normalized spacial score (nSPS) is 12.7. The Morgan fingerprint density at radius 3 is 1.68 bits per heavy atom. The quantitative estimate of drug-likeness (QED) is 0.529. The van der Waals surface area contributed by atoms with Crippen LogP contribution in [-0.4, -0.2) is 36.8 Å². The van der Waals surface area contributed by atoms with Gasteiger partial charge in [0.1, 0.15) is 5.82 Å². The Morgan fingerprint density at radius 1 is 0.920 bits per heavy atom. The fraction of sp³-hybridized carbons (Fsp3) is 0.667. The predicted octanol–water partition coefficient (Wildman–Crippen LogP) is 4.06. The van der Waals surface area contributed by atoms with Gasteiger partial charge in [0.15, 0.2) is 5.40 Å². The standard InChI is InChI=1S/C15H28N2O6P2/c1-5-20-24(18,21-6-2)15(25(19,22-7-3)23-8-4)11-13-9-10-14(16)17-12-13/h9-10,12,15H,5-8,11H2,1-4H3,(H2,16,17). The van der Waals surface area contributed by atoms with Crippen LogP contribution < -0.4 is 5.73 Å². The van der Waals surface area contributed by atoms with E-state index in [4.69, 9.17) is 23.8 Å². The van der Waals surface area contributed by atoms with Crippen LogP contribution in [0.15, 0.2) is 18.3 Å². The van der Waals surface area contributed by atoms with Crippen LogP contribution in [0.5, 0.6) is 0 Å². The fourth-order valence-electron chi connectivity index (χ4n) is 2.30. The van der Waals surface area contributed by atoms with Crippen molar-refractivity contribution in [3.63, 3.8) is 0 Å². The zero-order chi connectivity index (χ0) is 18.9. The van der Waals surface area contributed by atoms with E-state index in [2.05, 4.69) is 4.98 Å². The van der Waals surface area contributed by atoms with Crippen molar-refractivity contribution in [1.29, 1.82) is 0 Å². The van der Waals surface area contributed by atoms with E-state index in [9.17, 15) is 9.13 Å². The number of aromatic nitrogens is 1. The summed E-state index contributed by atoms with van der Waals surface area (Å²) in [6, 6.07) is 3.34. The summed E-state index contributed by atoms with van der Waals surface area (Å²) in [7, 11) is -7.52. The number of pyridine rings is 1. The van der Waals surface area contributed by atoms with E-state index >= 15 is 0 Å². The summed E-state index contributed by atoms with van der Waals surface area (Å²) in [5, 5.41) is -1.09. The number of nitrogens with two attached hydrogens (primary N) is 1. The molecule has 8 nitrogen and oxygen atoms in total. The molecule has 0 radical (unpaired) electrons. The fourth-order valence-corrected chi connectivity index (χ4v) is 7.63. The molecule has 0 amide bonds. The molecular formula is C15H28N2O6P2. The van der Waals surface area contributed by atoms with Gasteiger partial charge in [0.25, 0.3) is 0 Å². The molecule has 0 saturated carbocycles. The molecule has 0 aliphatic heterocycles. The van der Waals surface area contributed by atoms with E-state index < -0.39 is 20.6 Å². The Labute approximate surface area is 149 Å². The van der Waals surface area contributed by atoms with Gasteiger partial charge in [-0.2, -0.15) is 0 Å². The van der Waals surface area contributed by atoms with Crippen molar-refractivity contribution in [3.8, 4) is 0 Å². The molecule has 0 atom stereocenters. The molecular weight excluding hydrogens is 366 g/mol. The van der Waals surface area contributed by atoms with Crippen molar-refractivity contribution in [2.45, 2.75) is 39.5 Å². The molecule has 0 fully saturated rings. The first-order valence-corrected chi connectivity index (χ1v) is 11.6. The van der Waals surface area contributed by atoms with E-state index in [1.165, 1.54) is 6.20 Å². The van der Waals surface area contributed by atoms with Crippen LogP contribution in [0.4, 0.5) is 5.82 Å². The van der Waals surface area contributed by atoms with E-state index in [1.807, 2.05) is 0 Å². The maximum Gasteiger partial charge on any atom is 0.346 e. The van der Waals surface area contributed by atoms with Gasteiger partial charge in [-0.3, -0.25) is 9.13 Å². The molecule has 0 spiro atoms. The number of hydrogen-bond acceptors (Lipinski definition) is 8. The molecule has 144 valence electrons. The number of rotatable bonds is 12. The average molecular weight is 394 g/mol. The molecule has 0 aromatic carbocycles. The Balaban J connectivity index is 3.34. The van der Waals surface area contributed by atoms with Gasteiger partial charge in [-0.05, 0) is 45.7 Å². The van der Waals surface area contributed by atoms with Gasteiger partial charge in [-0.15, -0.1) is 0 Å². The minimum atomic E-state index is -3.76. The third-order valence-electron chi connectivity index (χ3n) is 3.23. The monoisotopic (exact) mass is 394 g/mol. The van der Waals surface area contributed by atoms with E-state index in [0.717, 1.165) is 0 Å². The average Bonchev–Trinajstić information content (AvgIpc) is 2.55. The molecule has 1 heterocycles. The molecule has 10 heteroatoms. The second-order valence-corrected chi connectivity index (χ2v) is 9.87. The van der Waals surface area contributed by atoms with Gasteiger partial charge in [-0.25, -0.2) is 4.98 Å². The van der Waals surface area contributed by atoms with Crippen LogP contribution >= 0.6 is 15.2 Å². The zero-order valence-corrected chi connectivity index (χ0v) is 17.0. The Bertz CT molecular complexity index is 561. The first kappa shape index (κ1) is 22.3. The summed E-state index contributed by atoms with van der Waals surface area (Å²) in [4.78, 5) is 4.02. The molecule has 2 N–H and O–H groups in total. The third kappa shape index (κ3) is 6.17. The SMILES string of the molecule is CCOP(=O)(OCC)C(Cc1ccc(N)nc1)P(=O)(OCC)OCC. The van der Waals surface area contributed by atoms with Crippen molar-refractivity contribution in [2.75, 3.05) is 32.2 Å². The number of nitrogens with zero attached hydrogens (tertiary/aromatic N) is 1. The zero-order valence-electron chi connectivity index (χ0n) is 15.2. The number of anilines is 1. The van der Waals surface area contributed by atoms with E-state index in [1.54, 1.807) is 39.8 Å². The summed E-state index contributed by atoms with van der Waals surface area (Å²) in [6.45, 7) is 7.36. The van der Waals surface area contributed by atoms with Gasteiger partial charge in [0.2, 0.25) is 0 Å². The lowest BCUT2D eigenvalue weighted by atomic mass is 10.2. The predicted molar refractivity (Wildman–Crippen MR) is 97.9 cm³/mol. The maximum atomic E-state index is 13.4. The highest BCUT2D eigenvalue weighted by atomic mass is 31.2. The first-order chi connectivity index (χ1) is 11.8. The van der Waals surface area contributed by atoms with E-state index in [0.29, 0.717) is 11.4 Å². The molecule has 0 saturated heterocycles. The Morgan fingerprint density at radius 2 is 1.36 bits per heavy atom. The van der Waals surface area contributed by atoms with Gasteiger partial charge >= 0.3 is 15.2 Å². The highest BCUT2D eigenvalue weighted by molar-refractivity contribution is 7.72. The summed E-state index contributed by atoms with van der Waals surface area (Å²) in [6.07, 6.45) is 1.63. The van der Waals surface area contributed by atoms with Crippen LogP contribution in [0.2, 0.25) is 0 Å². The van der Waals surface area contributed by atoms with Crippen molar-refractivity contribution < 1.29 is 27.2 Å². The molecule has 0 unspecified atom stereocenters. The van der Waals surface area contributed by atoms with E-state index in [-0.39, 0.29) is 32.8 Å². The molecule has 1 rings (SSSR count). The Hall–Kier alpha value is -0.750. The molecule has 0 bridgehead atoms. The van der Waals surface area contributed by atoms with Crippen molar-refractivity contribution in [3.05, 3.63) is 23.9 Å². The van der Waals surface area contributed by atoms with Crippen molar-refractivity contribution in [1.82, 2.24) is 4.98 Å². The lowest BCUT2D eigenvalue weighted by molar-refractivity contribution is 0.195. The third-order valence-corrected chi connectivity index (χ3v) is 9.23. The van der Waals surface area contributed by atoms with Gasteiger partial charge in [-0.1, -0.05) is 6.07 Å². The highest BCUT2D eigenvalue weighted by Gasteiger charge is 2.50. The van der Waals surface area contributed by atoms with Gasteiger partial charge in [0.05, 0.1) is 26.4 Å². The smallest absolute Gasteiger partial charge is 0.346 e. The number of hydrogen-bond donors (Lipinski definition) is 1. The molecule has 0 aliphatic rings. The summed E-state index contributed by atoms with van der Waals surface area (Å²) in [5.74, 6) is 0.357. The highest BCUT2D eigenvalue weighted by Crippen LogP contribution is 2.71.